The lowest BCUT2D eigenvalue weighted by atomic mass is 10.4. The summed E-state index contributed by atoms with van der Waals surface area (Å²) in [6, 6.07) is 0. The van der Waals surface area contributed by atoms with Crippen LogP contribution in [0.5, 0.6) is 0 Å². The van der Waals surface area contributed by atoms with E-state index in [1.54, 1.807) is 6.20 Å². The molecule has 0 saturated heterocycles. The maximum Gasteiger partial charge on any atom is 0.159 e. The molecule has 11 heavy (non-hydrogen) atoms. The predicted octanol–water partition coefficient (Wildman–Crippen LogP) is 1.15. The minimum absolute atomic E-state index is 0.632. The summed E-state index contributed by atoms with van der Waals surface area (Å²) in [6.45, 7) is 5.15. The van der Waals surface area contributed by atoms with E-state index in [-0.39, 0.29) is 0 Å². The van der Waals surface area contributed by atoms with Crippen molar-refractivity contribution in [3.63, 3.8) is 0 Å². The highest BCUT2D eigenvalue weighted by atomic mass is 15.0. The predicted molar refractivity (Wildman–Crippen MR) is 44.5 cm³/mol. The van der Waals surface area contributed by atoms with Gasteiger partial charge in [-0.25, -0.2) is 15.0 Å². The number of aryl methyl sites for hydroxylation is 1. The summed E-state index contributed by atoms with van der Waals surface area (Å²) in [4.78, 5) is 15.1. The van der Waals surface area contributed by atoms with Gasteiger partial charge in [-0.2, -0.15) is 0 Å². The van der Waals surface area contributed by atoms with Crippen molar-refractivity contribution in [2.45, 2.75) is 6.92 Å². The smallest absolute Gasteiger partial charge is 0.159 e. The van der Waals surface area contributed by atoms with Gasteiger partial charge in [-0.1, -0.05) is 0 Å². The van der Waals surface area contributed by atoms with Crippen molar-refractivity contribution in [1.29, 1.82) is 0 Å². The van der Waals surface area contributed by atoms with Gasteiger partial charge in [0, 0.05) is 11.8 Å². The van der Waals surface area contributed by atoms with E-state index in [0.717, 1.165) is 5.56 Å². The van der Waals surface area contributed by atoms with Crippen LogP contribution in [-0.4, -0.2) is 23.0 Å². The number of aromatic nitrogens is 2. The molecule has 1 heterocycles. The number of rotatable bonds is 2. The van der Waals surface area contributed by atoms with Crippen LogP contribution in [0.25, 0.3) is 0 Å². The molecule has 0 fully saturated rings. The van der Waals surface area contributed by atoms with Crippen LogP contribution >= 0.6 is 0 Å². The van der Waals surface area contributed by atoms with E-state index in [9.17, 15) is 0 Å². The maximum absolute atomic E-state index is 3.92. The minimum Gasteiger partial charge on any atom is -0.253 e. The average Bonchev–Trinajstić information content (AvgIpc) is 2.03. The van der Waals surface area contributed by atoms with Crippen LogP contribution in [0.2, 0.25) is 0 Å². The van der Waals surface area contributed by atoms with Crippen molar-refractivity contribution in [3.8, 4) is 0 Å². The molecule has 0 bridgehead atoms. The lowest BCUT2D eigenvalue weighted by Crippen LogP contribution is -1.81. The molecule has 0 aliphatic carbocycles. The van der Waals surface area contributed by atoms with Gasteiger partial charge in [-0.15, -0.1) is 0 Å². The van der Waals surface area contributed by atoms with E-state index in [4.69, 9.17) is 0 Å². The van der Waals surface area contributed by atoms with E-state index >= 15 is 0 Å². The summed E-state index contributed by atoms with van der Waals surface area (Å²) in [5.41, 5.74) is 0.924. The van der Waals surface area contributed by atoms with E-state index in [1.165, 1.54) is 12.7 Å². The number of hydrogen-bond donors (Lipinski definition) is 0. The van der Waals surface area contributed by atoms with Crippen molar-refractivity contribution in [3.05, 3.63) is 18.1 Å². The van der Waals surface area contributed by atoms with Gasteiger partial charge in [0.25, 0.3) is 0 Å². The summed E-state index contributed by atoms with van der Waals surface area (Å²) >= 11 is 0. The standard InChI is InChI=1S/C7H8N4/c1-6-3-9-5-11-7(6)10-4-8-2/h3-5H,2H2,1H3/b10-4-. The number of nitrogens with zero attached hydrogens (tertiary/aromatic N) is 4. The summed E-state index contributed by atoms with van der Waals surface area (Å²) in [5, 5.41) is 0. The molecule has 1 aromatic heterocycles. The zero-order valence-corrected chi connectivity index (χ0v) is 6.23. The molecule has 0 aliphatic heterocycles. The fourth-order valence-corrected chi connectivity index (χ4v) is 0.623. The molecular weight excluding hydrogens is 140 g/mol. The minimum atomic E-state index is 0.632. The van der Waals surface area contributed by atoms with Gasteiger partial charge in [0.15, 0.2) is 5.82 Å². The van der Waals surface area contributed by atoms with Gasteiger partial charge in [-0.3, -0.25) is 4.99 Å². The highest BCUT2D eigenvalue weighted by molar-refractivity contribution is 5.65. The van der Waals surface area contributed by atoms with Crippen LogP contribution in [0, 0.1) is 6.92 Å². The van der Waals surface area contributed by atoms with E-state index in [0.29, 0.717) is 5.82 Å². The molecule has 0 saturated carbocycles. The molecule has 0 unspecified atom stereocenters. The third-order valence-corrected chi connectivity index (χ3v) is 1.13. The fourth-order valence-electron chi connectivity index (χ4n) is 0.623. The topological polar surface area (TPSA) is 50.5 Å². The van der Waals surface area contributed by atoms with E-state index < -0.39 is 0 Å². The number of aliphatic imine (C=N–C) groups is 2. The van der Waals surface area contributed by atoms with Crippen molar-refractivity contribution < 1.29 is 0 Å². The zero-order chi connectivity index (χ0) is 8.10. The van der Waals surface area contributed by atoms with E-state index in [2.05, 4.69) is 26.7 Å². The monoisotopic (exact) mass is 148 g/mol. The van der Waals surface area contributed by atoms with Gasteiger partial charge >= 0.3 is 0 Å². The second kappa shape index (κ2) is 3.55. The van der Waals surface area contributed by atoms with Gasteiger partial charge in [0.2, 0.25) is 0 Å². The molecule has 4 heteroatoms. The van der Waals surface area contributed by atoms with Gasteiger partial charge in [-0.05, 0) is 13.6 Å². The molecule has 0 spiro atoms. The molecule has 0 aliphatic rings. The Bertz CT molecular complexity index is 280. The SMILES string of the molecule is C=N/C=N\c1ncncc1C. The Morgan fingerprint density at radius 3 is 3.09 bits per heavy atom. The Morgan fingerprint density at radius 2 is 2.45 bits per heavy atom. The fraction of sp³-hybridized carbons (Fsp3) is 0.143. The third-order valence-electron chi connectivity index (χ3n) is 1.13. The molecule has 0 aromatic carbocycles. The Labute approximate surface area is 64.8 Å². The Kier molecular flexibility index (Phi) is 2.43. The molecule has 1 rings (SSSR count). The lowest BCUT2D eigenvalue weighted by Gasteiger charge is -1.93. The molecule has 0 atom stereocenters. The molecule has 0 radical (unpaired) electrons. The number of hydrogen-bond acceptors (Lipinski definition) is 3. The average molecular weight is 148 g/mol. The summed E-state index contributed by atoms with van der Waals surface area (Å²) in [5.74, 6) is 0.632. The molecule has 0 amide bonds. The highest BCUT2D eigenvalue weighted by Crippen LogP contribution is 2.10. The summed E-state index contributed by atoms with van der Waals surface area (Å²) in [7, 11) is 0. The van der Waals surface area contributed by atoms with Crippen LogP contribution in [0.1, 0.15) is 5.56 Å². The first-order valence-corrected chi connectivity index (χ1v) is 3.09. The first-order valence-electron chi connectivity index (χ1n) is 3.09. The van der Waals surface area contributed by atoms with Crippen LogP contribution < -0.4 is 0 Å². The molecule has 1 aromatic rings. The lowest BCUT2D eigenvalue weighted by molar-refractivity contribution is 1.11. The van der Waals surface area contributed by atoms with Gasteiger partial charge in [0.1, 0.15) is 12.7 Å². The first kappa shape index (κ1) is 7.53. The van der Waals surface area contributed by atoms with Crippen molar-refractivity contribution in [1.82, 2.24) is 9.97 Å². The van der Waals surface area contributed by atoms with Crippen LogP contribution in [0.3, 0.4) is 0 Å². The van der Waals surface area contributed by atoms with Crippen LogP contribution in [-0.2, 0) is 0 Å². The van der Waals surface area contributed by atoms with Crippen LogP contribution in [0.4, 0.5) is 5.82 Å². The second-order valence-electron chi connectivity index (χ2n) is 1.96. The summed E-state index contributed by atoms with van der Waals surface area (Å²) < 4.78 is 0. The second-order valence-corrected chi connectivity index (χ2v) is 1.96. The van der Waals surface area contributed by atoms with Gasteiger partial charge < -0.3 is 0 Å². The largest absolute Gasteiger partial charge is 0.253 e. The first-order chi connectivity index (χ1) is 5.34. The van der Waals surface area contributed by atoms with E-state index in [1.807, 2.05) is 6.92 Å². The maximum atomic E-state index is 3.92. The molecule has 56 valence electrons. The quantitative estimate of drug-likeness (QED) is 0.466. The van der Waals surface area contributed by atoms with Crippen molar-refractivity contribution >= 4 is 18.9 Å². The van der Waals surface area contributed by atoms with Crippen molar-refractivity contribution in [2.24, 2.45) is 9.98 Å². The van der Waals surface area contributed by atoms with Crippen molar-refractivity contribution in [2.75, 3.05) is 0 Å². The molecular formula is C7H8N4. The Balaban J connectivity index is 2.94. The summed E-state index contributed by atoms with van der Waals surface area (Å²) in [6.07, 6.45) is 4.50. The Morgan fingerprint density at radius 1 is 1.64 bits per heavy atom. The normalized spacial score (nSPS) is 10.3. The Hall–Kier alpha value is -1.58. The molecule has 4 nitrogen and oxygen atoms in total. The zero-order valence-electron chi connectivity index (χ0n) is 6.23. The molecule has 0 N–H and O–H groups in total. The van der Waals surface area contributed by atoms with Crippen LogP contribution in [0.15, 0.2) is 22.5 Å². The third kappa shape index (κ3) is 1.93. The van der Waals surface area contributed by atoms with Gasteiger partial charge in [0.05, 0.1) is 0 Å². The highest BCUT2D eigenvalue weighted by Gasteiger charge is 1.92.